The molecule has 0 saturated heterocycles. The standard InChI is InChI=1S/C15H12ClF4NO2S/c1-8-6-14(9(2)5-11(8)16)24(22,23)21-13-7-10(15(18,19)20)3-4-12(13)17/h3-7,21H,1-2H3. The van der Waals surface area contributed by atoms with E-state index in [9.17, 15) is 26.0 Å². The Morgan fingerprint density at radius 2 is 1.67 bits per heavy atom. The van der Waals surface area contributed by atoms with Gasteiger partial charge in [0.1, 0.15) is 5.82 Å². The van der Waals surface area contributed by atoms with Crippen molar-refractivity contribution in [2.45, 2.75) is 24.9 Å². The van der Waals surface area contributed by atoms with E-state index in [2.05, 4.69) is 0 Å². The maximum absolute atomic E-state index is 13.7. The van der Waals surface area contributed by atoms with Crippen molar-refractivity contribution in [3.63, 3.8) is 0 Å². The van der Waals surface area contributed by atoms with Crippen molar-refractivity contribution in [1.82, 2.24) is 0 Å². The Hall–Kier alpha value is -1.80. The summed E-state index contributed by atoms with van der Waals surface area (Å²) >= 11 is 5.89. The molecule has 0 unspecified atom stereocenters. The fraction of sp³-hybridized carbons (Fsp3) is 0.200. The molecule has 0 atom stereocenters. The van der Waals surface area contributed by atoms with Gasteiger partial charge in [0.25, 0.3) is 10.0 Å². The highest BCUT2D eigenvalue weighted by Gasteiger charge is 2.31. The number of halogens is 5. The molecular weight excluding hydrogens is 370 g/mol. The average molecular weight is 382 g/mol. The van der Waals surface area contributed by atoms with E-state index >= 15 is 0 Å². The fourth-order valence-electron chi connectivity index (χ4n) is 2.02. The molecule has 0 saturated carbocycles. The molecule has 0 aromatic heterocycles. The third-order valence-electron chi connectivity index (χ3n) is 3.28. The Kier molecular flexibility index (Phi) is 4.83. The second kappa shape index (κ2) is 6.25. The lowest BCUT2D eigenvalue weighted by Crippen LogP contribution is -2.16. The van der Waals surface area contributed by atoms with Crippen LogP contribution in [0.1, 0.15) is 16.7 Å². The first kappa shape index (κ1) is 18.5. The summed E-state index contributed by atoms with van der Waals surface area (Å²) < 4.78 is 78.5. The van der Waals surface area contributed by atoms with Crippen LogP contribution < -0.4 is 4.72 Å². The van der Waals surface area contributed by atoms with Crippen LogP contribution in [0.4, 0.5) is 23.2 Å². The van der Waals surface area contributed by atoms with Gasteiger partial charge in [0, 0.05) is 5.02 Å². The van der Waals surface area contributed by atoms with Crippen LogP contribution in [0.25, 0.3) is 0 Å². The monoisotopic (exact) mass is 381 g/mol. The first-order chi connectivity index (χ1) is 10.9. The molecular formula is C15H12ClF4NO2S. The van der Waals surface area contributed by atoms with Crippen LogP contribution >= 0.6 is 11.6 Å². The fourth-order valence-corrected chi connectivity index (χ4v) is 3.61. The maximum atomic E-state index is 13.7. The zero-order chi connectivity index (χ0) is 18.3. The van der Waals surface area contributed by atoms with Gasteiger partial charge in [0.05, 0.1) is 16.1 Å². The Balaban J connectivity index is 2.49. The number of anilines is 1. The minimum atomic E-state index is -4.72. The molecule has 24 heavy (non-hydrogen) atoms. The molecule has 0 heterocycles. The van der Waals surface area contributed by atoms with Crippen LogP contribution in [0.2, 0.25) is 5.02 Å². The molecule has 9 heteroatoms. The third kappa shape index (κ3) is 3.81. The number of aryl methyl sites for hydroxylation is 2. The van der Waals surface area contributed by atoms with Gasteiger partial charge in [-0.2, -0.15) is 13.2 Å². The highest BCUT2D eigenvalue weighted by Crippen LogP contribution is 2.33. The van der Waals surface area contributed by atoms with Crippen molar-refractivity contribution >= 4 is 27.3 Å². The van der Waals surface area contributed by atoms with E-state index in [1.807, 2.05) is 4.72 Å². The normalized spacial score (nSPS) is 12.3. The average Bonchev–Trinajstić information content (AvgIpc) is 2.43. The lowest BCUT2D eigenvalue weighted by molar-refractivity contribution is -0.137. The van der Waals surface area contributed by atoms with Gasteiger partial charge in [-0.1, -0.05) is 11.6 Å². The van der Waals surface area contributed by atoms with Crippen LogP contribution in [0.3, 0.4) is 0 Å². The van der Waals surface area contributed by atoms with E-state index < -0.39 is 33.3 Å². The number of sulfonamides is 1. The summed E-state index contributed by atoms with van der Waals surface area (Å²) in [5.74, 6) is -1.12. The smallest absolute Gasteiger partial charge is 0.277 e. The van der Waals surface area contributed by atoms with Gasteiger partial charge in [-0.15, -0.1) is 0 Å². The summed E-state index contributed by atoms with van der Waals surface area (Å²) in [6.07, 6.45) is -4.72. The van der Waals surface area contributed by atoms with E-state index in [0.717, 1.165) is 0 Å². The van der Waals surface area contributed by atoms with E-state index in [-0.39, 0.29) is 10.5 Å². The quantitative estimate of drug-likeness (QED) is 0.767. The first-order valence-electron chi connectivity index (χ1n) is 6.58. The molecule has 0 bridgehead atoms. The molecule has 130 valence electrons. The van der Waals surface area contributed by atoms with Crippen molar-refractivity contribution in [3.05, 3.63) is 57.9 Å². The topological polar surface area (TPSA) is 46.2 Å². The van der Waals surface area contributed by atoms with Crippen LogP contribution in [0.5, 0.6) is 0 Å². The van der Waals surface area contributed by atoms with Gasteiger partial charge < -0.3 is 0 Å². The van der Waals surface area contributed by atoms with Crippen molar-refractivity contribution in [2.24, 2.45) is 0 Å². The number of nitrogens with one attached hydrogen (secondary N) is 1. The zero-order valence-electron chi connectivity index (χ0n) is 12.5. The molecule has 2 aromatic rings. The van der Waals surface area contributed by atoms with Crippen molar-refractivity contribution in [2.75, 3.05) is 4.72 Å². The number of hydrogen-bond acceptors (Lipinski definition) is 2. The summed E-state index contributed by atoms with van der Waals surface area (Å²) in [7, 11) is -4.28. The second-order valence-corrected chi connectivity index (χ2v) is 7.22. The Morgan fingerprint density at radius 1 is 1.04 bits per heavy atom. The Labute approximate surface area is 141 Å². The number of hydrogen-bond donors (Lipinski definition) is 1. The zero-order valence-corrected chi connectivity index (χ0v) is 14.1. The highest BCUT2D eigenvalue weighted by atomic mass is 35.5. The van der Waals surface area contributed by atoms with Crippen LogP contribution in [0.15, 0.2) is 35.2 Å². The van der Waals surface area contributed by atoms with Crippen LogP contribution in [-0.4, -0.2) is 8.42 Å². The summed E-state index contributed by atoms with van der Waals surface area (Å²) in [5.41, 5.74) is -1.19. The summed E-state index contributed by atoms with van der Waals surface area (Å²) in [6, 6.07) is 4.18. The molecule has 2 aromatic carbocycles. The van der Waals surface area contributed by atoms with Gasteiger partial charge in [-0.25, -0.2) is 12.8 Å². The lowest BCUT2D eigenvalue weighted by Gasteiger charge is -2.14. The summed E-state index contributed by atoms with van der Waals surface area (Å²) in [6.45, 7) is 3.05. The Bertz CT molecular complexity index is 895. The van der Waals surface area contributed by atoms with Gasteiger partial charge in [0.2, 0.25) is 0 Å². The molecule has 3 nitrogen and oxygen atoms in total. The predicted molar refractivity (Wildman–Crippen MR) is 83.1 cm³/mol. The van der Waals surface area contributed by atoms with Crippen LogP contribution in [-0.2, 0) is 16.2 Å². The van der Waals surface area contributed by atoms with Gasteiger partial charge in [0.15, 0.2) is 0 Å². The highest BCUT2D eigenvalue weighted by molar-refractivity contribution is 7.92. The first-order valence-corrected chi connectivity index (χ1v) is 8.44. The van der Waals surface area contributed by atoms with Crippen molar-refractivity contribution in [3.8, 4) is 0 Å². The summed E-state index contributed by atoms with van der Waals surface area (Å²) in [4.78, 5) is -0.193. The van der Waals surface area contributed by atoms with Crippen LogP contribution in [0, 0.1) is 19.7 Å². The van der Waals surface area contributed by atoms with E-state index in [1.54, 1.807) is 6.92 Å². The van der Waals surface area contributed by atoms with E-state index in [0.29, 0.717) is 28.8 Å². The third-order valence-corrected chi connectivity index (χ3v) is 5.20. The number of alkyl halides is 3. The van der Waals surface area contributed by atoms with Crippen molar-refractivity contribution in [1.29, 1.82) is 0 Å². The Morgan fingerprint density at radius 3 is 2.25 bits per heavy atom. The molecule has 0 aliphatic heterocycles. The van der Waals surface area contributed by atoms with Gasteiger partial charge in [-0.3, -0.25) is 4.72 Å². The molecule has 0 aliphatic rings. The SMILES string of the molecule is Cc1cc(S(=O)(=O)Nc2cc(C(F)(F)F)ccc2F)c(C)cc1Cl. The molecule has 0 aliphatic carbocycles. The summed E-state index contributed by atoms with van der Waals surface area (Å²) in [5, 5.41) is 0.344. The van der Waals surface area contributed by atoms with Gasteiger partial charge in [-0.05, 0) is 55.3 Å². The maximum Gasteiger partial charge on any atom is 0.416 e. The molecule has 0 fully saturated rings. The number of rotatable bonds is 3. The minimum Gasteiger partial charge on any atom is -0.277 e. The molecule has 0 amide bonds. The van der Waals surface area contributed by atoms with E-state index in [1.165, 1.54) is 19.1 Å². The lowest BCUT2D eigenvalue weighted by atomic mass is 10.2. The second-order valence-electron chi connectivity index (χ2n) is 5.16. The molecule has 0 radical (unpaired) electrons. The molecule has 0 spiro atoms. The molecule has 2 rings (SSSR count). The minimum absolute atomic E-state index is 0.193. The van der Waals surface area contributed by atoms with E-state index in [4.69, 9.17) is 11.6 Å². The molecule has 1 N–H and O–H groups in total. The van der Waals surface area contributed by atoms with Crippen molar-refractivity contribution < 1.29 is 26.0 Å². The predicted octanol–water partition coefficient (Wildman–Crippen LogP) is 4.92. The number of benzene rings is 2. The largest absolute Gasteiger partial charge is 0.416 e. The van der Waals surface area contributed by atoms with Gasteiger partial charge >= 0.3 is 6.18 Å².